The highest BCUT2D eigenvalue weighted by Crippen LogP contribution is 2.24. The summed E-state index contributed by atoms with van der Waals surface area (Å²) in [6.07, 6.45) is 0. The van der Waals surface area contributed by atoms with E-state index in [1.54, 1.807) is 31.3 Å². The molecule has 0 spiro atoms. The maximum atomic E-state index is 13.4. The number of hydrogen-bond donors (Lipinski definition) is 0. The first-order valence-electron chi connectivity index (χ1n) is 10.1. The largest absolute Gasteiger partial charge is 0.368 e. The summed E-state index contributed by atoms with van der Waals surface area (Å²) in [5.41, 5.74) is 1.78. The van der Waals surface area contributed by atoms with E-state index >= 15 is 0 Å². The molecule has 1 aromatic carbocycles. The number of anilines is 1. The Morgan fingerprint density at radius 2 is 1.80 bits per heavy atom. The molecular weight excluding hydrogens is 396 g/mol. The van der Waals surface area contributed by atoms with Gasteiger partial charge in [0.15, 0.2) is 0 Å². The van der Waals surface area contributed by atoms with E-state index in [1.807, 2.05) is 22.4 Å². The summed E-state index contributed by atoms with van der Waals surface area (Å²) in [7, 11) is 0. The maximum Gasteiger partial charge on any atom is 0.267 e. The third-order valence-electron chi connectivity index (χ3n) is 5.56. The van der Waals surface area contributed by atoms with Gasteiger partial charge in [0.1, 0.15) is 11.2 Å². The molecule has 3 aromatic rings. The molecule has 1 amide bonds. The highest BCUT2D eigenvalue weighted by atomic mass is 32.1. The molecule has 0 saturated carbocycles. The van der Waals surface area contributed by atoms with Crippen LogP contribution in [-0.4, -0.2) is 46.8 Å². The number of carbonyl (C=O) groups is 1. The van der Waals surface area contributed by atoms with Crippen LogP contribution in [-0.2, 0) is 10.3 Å². The molecule has 156 valence electrons. The first-order valence-corrected chi connectivity index (χ1v) is 11.0. The summed E-state index contributed by atoms with van der Waals surface area (Å²) >= 11 is 1.56. The zero-order valence-electron chi connectivity index (χ0n) is 17.5. The third-order valence-corrected chi connectivity index (χ3v) is 6.45. The number of benzene rings is 1. The minimum Gasteiger partial charge on any atom is -0.368 e. The van der Waals surface area contributed by atoms with Crippen molar-refractivity contribution >= 4 is 22.9 Å². The molecule has 30 heavy (non-hydrogen) atoms. The average molecular weight is 423 g/mol. The van der Waals surface area contributed by atoms with Crippen LogP contribution >= 0.6 is 11.3 Å². The summed E-state index contributed by atoms with van der Waals surface area (Å²) in [4.78, 5) is 31.1. The lowest BCUT2D eigenvalue weighted by atomic mass is 10.0. The van der Waals surface area contributed by atoms with Crippen LogP contribution in [0.15, 0.2) is 58.7 Å². The normalized spacial score (nSPS) is 14.8. The SMILES string of the molecule is Cc1cccc(N2CCN(C(=O)C(C)(C)n3nc(-c4cccs4)ccc3=O)CC2)c1. The zero-order valence-corrected chi connectivity index (χ0v) is 18.4. The molecule has 2 aromatic heterocycles. The maximum absolute atomic E-state index is 13.4. The van der Waals surface area contributed by atoms with Gasteiger partial charge in [-0.15, -0.1) is 11.3 Å². The Hall–Kier alpha value is -2.93. The monoisotopic (exact) mass is 422 g/mol. The highest BCUT2D eigenvalue weighted by molar-refractivity contribution is 7.13. The molecule has 0 radical (unpaired) electrons. The van der Waals surface area contributed by atoms with Gasteiger partial charge in [-0.3, -0.25) is 9.59 Å². The van der Waals surface area contributed by atoms with E-state index in [-0.39, 0.29) is 11.5 Å². The van der Waals surface area contributed by atoms with Crippen LogP contribution in [0.5, 0.6) is 0 Å². The smallest absolute Gasteiger partial charge is 0.267 e. The lowest BCUT2D eigenvalue weighted by molar-refractivity contribution is -0.140. The van der Waals surface area contributed by atoms with E-state index in [0.29, 0.717) is 18.8 Å². The second kappa shape index (κ2) is 8.07. The van der Waals surface area contributed by atoms with Crippen molar-refractivity contribution in [3.05, 3.63) is 69.8 Å². The molecule has 1 fully saturated rings. The van der Waals surface area contributed by atoms with Crippen LogP contribution < -0.4 is 10.5 Å². The summed E-state index contributed by atoms with van der Waals surface area (Å²) in [6.45, 7) is 8.40. The summed E-state index contributed by atoms with van der Waals surface area (Å²) in [5.74, 6) is -0.0793. The number of hydrogen-bond acceptors (Lipinski definition) is 5. The van der Waals surface area contributed by atoms with Gasteiger partial charge in [0.25, 0.3) is 5.56 Å². The number of aryl methyl sites for hydroxylation is 1. The lowest BCUT2D eigenvalue weighted by Crippen LogP contribution is -2.56. The molecule has 0 atom stereocenters. The van der Waals surface area contributed by atoms with Gasteiger partial charge >= 0.3 is 0 Å². The van der Waals surface area contributed by atoms with Gasteiger partial charge in [-0.05, 0) is 56.0 Å². The van der Waals surface area contributed by atoms with Crippen molar-refractivity contribution in [1.82, 2.24) is 14.7 Å². The predicted octanol–water partition coefficient (Wildman–Crippen LogP) is 3.36. The van der Waals surface area contributed by atoms with Gasteiger partial charge in [-0.2, -0.15) is 5.10 Å². The minimum absolute atomic E-state index is 0.0793. The fourth-order valence-corrected chi connectivity index (χ4v) is 4.53. The Morgan fingerprint density at radius 1 is 1.03 bits per heavy atom. The van der Waals surface area contributed by atoms with Crippen molar-refractivity contribution < 1.29 is 4.79 Å². The van der Waals surface area contributed by atoms with Crippen molar-refractivity contribution in [2.45, 2.75) is 26.3 Å². The molecule has 1 aliphatic rings. The van der Waals surface area contributed by atoms with Gasteiger partial charge < -0.3 is 9.80 Å². The lowest BCUT2D eigenvalue weighted by Gasteiger charge is -2.39. The zero-order chi connectivity index (χ0) is 21.3. The van der Waals surface area contributed by atoms with Crippen molar-refractivity contribution in [3.63, 3.8) is 0 Å². The molecule has 0 aliphatic carbocycles. The van der Waals surface area contributed by atoms with Crippen molar-refractivity contribution in [2.75, 3.05) is 31.1 Å². The molecule has 6 nitrogen and oxygen atoms in total. The number of amides is 1. The number of aromatic nitrogens is 2. The van der Waals surface area contributed by atoms with Gasteiger partial charge in [0.05, 0.1) is 4.88 Å². The van der Waals surface area contributed by atoms with Crippen LogP contribution in [0.3, 0.4) is 0 Å². The first kappa shape index (κ1) is 20.3. The van der Waals surface area contributed by atoms with Gasteiger partial charge in [0.2, 0.25) is 5.91 Å². The van der Waals surface area contributed by atoms with Crippen LogP contribution in [0.25, 0.3) is 10.6 Å². The topological polar surface area (TPSA) is 58.4 Å². The van der Waals surface area contributed by atoms with Crippen molar-refractivity contribution in [3.8, 4) is 10.6 Å². The van der Waals surface area contributed by atoms with E-state index in [1.165, 1.54) is 22.0 Å². The van der Waals surface area contributed by atoms with Crippen molar-refractivity contribution in [1.29, 1.82) is 0 Å². The Kier molecular flexibility index (Phi) is 5.47. The molecule has 7 heteroatoms. The Balaban J connectivity index is 1.52. The third kappa shape index (κ3) is 3.89. The molecular formula is C23H26N4O2S. The summed E-state index contributed by atoms with van der Waals surface area (Å²) in [5, 5.41) is 6.50. The molecule has 0 bridgehead atoms. The quantitative estimate of drug-likeness (QED) is 0.647. The molecule has 1 saturated heterocycles. The number of thiophene rings is 1. The summed E-state index contributed by atoms with van der Waals surface area (Å²) in [6, 6.07) is 15.5. The second-order valence-corrected chi connectivity index (χ2v) is 9.07. The Bertz CT molecular complexity index is 1100. The minimum atomic E-state index is -1.06. The molecule has 1 aliphatic heterocycles. The Morgan fingerprint density at radius 3 is 2.47 bits per heavy atom. The fourth-order valence-electron chi connectivity index (χ4n) is 3.84. The number of nitrogens with zero attached hydrogens (tertiary/aromatic N) is 4. The average Bonchev–Trinajstić information content (AvgIpc) is 3.28. The highest BCUT2D eigenvalue weighted by Gasteiger charge is 2.37. The van der Waals surface area contributed by atoms with Gasteiger partial charge in [0, 0.05) is 37.9 Å². The molecule has 0 N–H and O–H groups in total. The fraction of sp³-hybridized carbons (Fsp3) is 0.348. The van der Waals surface area contributed by atoms with E-state index < -0.39 is 5.54 Å². The van der Waals surface area contributed by atoms with Crippen LogP contribution in [0.4, 0.5) is 5.69 Å². The predicted molar refractivity (Wildman–Crippen MR) is 121 cm³/mol. The van der Waals surface area contributed by atoms with Crippen molar-refractivity contribution in [2.24, 2.45) is 0 Å². The van der Waals surface area contributed by atoms with Crippen LogP contribution in [0.1, 0.15) is 19.4 Å². The second-order valence-electron chi connectivity index (χ2n) is 8.12. The van der Waals surface area contributed by atoms with E-state index in [4.69, 9.17) is 0 Å². The summed E-state index contributed by atoms with van der Waals surface area (Å²) < 4.78 is 1.33. The van der Waals surface area contributed by atoms with Crippen LogP contribution in [0.2, 0.25) is 0 Å². The molecule has 4 rings (SSSR count). The number of carbonyl (C=O) groups excluding carboxylic acids is 1. The van der Waals surface area contributed by atoms with E-state index in [2.05, 4.69) is 41.2 Å². The molecule has 0 unspecified atom stereocenters. The standard InChI is InChI=1S/C23H26N4O2S/c1-17-6-4-7-18(16-17)25-11-13-26(14-12-25)22(29)23(2,3)27-21(28)10-9-19(24-27)20-8-5-15-30-20/h4-10,15-16H,11-14H2,1-3H3. The van der Waals surface area contributed by atoms with Gasteiger partial charge in [-0.25, -0.2) is 4.68 Å². The van der Waals surface area contributed by atoms with E-state index in [9.17, 15) is 9.59 Å². The number of piperazine rings is 1. The van der Waals surface area contributed by atoms with E-state index in [0.717, 1.165) is 18.0 Å². The van der Waals surface area contributed by atoms with Crippen LogP contribution in [0, 0.1) is 6.92 Å². The van der Waals surface area contributed by atoms with Gasteiger partial charge in [-0.1, -0.05) is 18.2 Å². The number of rotatable bonds is 4. The first-order chi connectivity index (χ1) is 14.4. The molecule has 3 heterocycles. The Labute approximate surface area is 180 Å².